The van der Waals surface area contributed by atoms with E-state index in [1.165, 1.54) is 25.7 Å². The van der Waals surface area contributed by atoms with Gasteiger partial charge in [0.2, 0.25) is 0 Å². The van der Waals surface area contributed by atoms with Crippen molar-refractivity contribution in [2.24, 2.45) is 5.92 Å². The highest BCUT2D eigenvalue weighted by Gasteiger charge is 2.26. The highest BCUT2D eigenvalue weighted by atomic mass is 15.3. The molecular formula is C18H27N5. The number of rotatable bonds is 5. The van der Waals surface area contributed by atoms with Crippen LogP contribution in [0.2, 0.25) is 0 Å². The summed E-state index contributed by atoms with van der Waals surface area (Å²) in [5.41, 5.74) is 2.09. The monoisotopic (exact) mass is 313 g/mol. The molecule has 1 saturated heterocycles. The number of aromatic nitrogens is 4. The van der Waals surface area contributed by atoms with Crippen LogP contribution in [-0.4, -0.2) is 32.3 Å². The van der Waals surface area contributed by atoms with Crippen LogP contribution < -0.4 is 4.90 Å². The first-order chi connectivity index (χ1) is 11.0. The van der Waals surface area contributed by atoms with Gasteiger partial charge in [0.25, 0.3) is 0 Å². The zero-order valence-corrected chi connectivity index (χ0v) is 14.7. The van der Waals surface area contributed by atoms with Crippen molar-refractivity contribution in [3.05, 3.63) is 29.8 Å². The average molecular weight is 313 g/mol. The molecule has 3 heterocycles. The minimum Gasteiger partial charge on any atom is -0.352 e. The Bertz CT molecular complexity index is 661. The van der Waals surface area contributed by atoms with Gasteiger partial charge in [-0.05, 0) is 51.5 Å². The fraction of sp³-hybridized carbons (Fsp3) is 0.611. The summed E-state index contributed by atoms with van der Waals surface area (Å²) in [6.45, 7) is 9.72. The van der Waals surface area contributed by atoms with E-state index in [1.54, 1.807) is 6.20 Å². The summed E-state index contributed by atoms with van der Waals surface area (Å²) >= 11 is 0. The van der Waals surface area contributed by atoms with E-state index in [-0.39, 0.29) is 0 Å². The van der Waals surface area contributed by atoms with Gasteiger partial charge in [-0.15, -0.1) is 0 Å². The lowest BCUT2D eigenvalue weighted by molar-refractivity contribution is 0.494. The highest BCUT2D eigenvalue weighted by Crippen LogP contribution is 2.27. The number of hydrogen-bond donors (Lipinski definition) is 0. The molecule has 23 heavy (non-hydrogen) atoms. The van der Waals surface area contributed by atoms with Gasteiger partial charge in [-0.3, -0.25) is 4.98 Å². The summed E-state index contributed by atoms with van der Waals surface area (Å²) in [6.07, 6.45) is 8.70. The molecule has 2 aromatic rings. The van der Waals surface area contributed by atoms with Crippen molar-refractivity contribution in [1.29, 1.82) is 0 Å². The summed E-state index contributed by atoms with van der Waals surface area (Å²) in [5.74, 6) is 2.55. The van der Waals surface area contributed by atoms with E-state index in [0.717, 1.165) is 35.5 Å². The highest BCUT2D eigenvalue weighted by molar-refractivity contribution is 5.42. The maximum absolute atomic E-state index is 4.84. The van der Waals surface area contributed by atoms with E-state index in [9.17, 15) is 0 Å². The summed E-state index contributed by atoms with van der Waals surface area (Å²) in [4.78, 5) is 11.7. The van der Waals surface area contributed by atoms with E-state index in [0.29, 0.717) is 6.04 Å². The molecule has 5 nitrogen and oxygen atoms in total. The Labute approximate surface area is 138 Å². The van der Waals surface area contributed by atoms with Crippen LogP contribution in [0.15, 0.2) is 18.5 Å². The van der Waals surface area contributed by atoms with Crippen LogP contribution in [0.25, 0.3) is 5.82 Å². The maximum atomic E-state index is 4.84. The second-order valence-corrected chi connectivity index (χ2v) is 7.04. The second kappa shape index (κ2) is 6.69. The smallest absolute Gasteiger partial charge is 0.174 e. The van der Waals surface area contributed by atoms with Gasteiger partial charge in [0, 0.05) is 18.3 Å². The standard InChI is InChI=1S/C18H27N5/c1-13(2)7-8-16-6-5-9-22(16)17-11-19-12-18(20-17)23-15(4)10-14(3)21-23/h10-13,16H,5-9H2,1-4H3. The Hall–Kier alpha value is -1.91. The SMILES string of the molecule is Cc1cc(C)n(-c2cncc(N3CCCC3CCC(C)C)n2)n1. The van der Waals surface area contributed by atoms with Gasteiger partial charge in [0.1, 0.15) is 5.82 Å². The van der Waals surface area contributed by atoms with Crippen LogP contribution in [0.5, 0.6) is 0 Å². The molecule has 1 aliphatic heterocycles. The number of anilines is 1. The normalized spacial score (nSPS) is 18.1. The van der Waals surface area contributed by atoms with E-state index in [4.69, 9.17) is 4.98 Å². The van der Waals surface area contributed by atoms with Crippen molar-refractivity contribution >= 4 is 5.82 Å². The Morgan fingerprint density at radius 3 is 2.70 bits per heavy atom. The van der Waals surface area contributed by atoms with Crippen LogP contribution in [0, 0.1) is 19.8 Å². The number of nitrogens with zero attached hydrogens (tertiary/aromatic N) is 5. The average Bonchev–Trinajstić information content (AvgIpc) is 3.11. The molecule has 0 aromatic carbocycles. The Balaban J connectivity index is 1.83. The third kappa shape index (κ3) is 3.54. The molecule has 124 valence electrons. The largest absolute Gasteiger partial charge is 0.352 e. The van der Waals surface area contributed by atoms with Crippen LogP contribution in [0.3, 0.4) is 0 Å². The maximum Gasteiger partial charge on any atom is 0.174 e. The number of aryl methyl sites for hydroxylation is 2. The molecule has 1 atom stereocenters. The lowest BCUT2D eigenvalue weighted by Crippen LogP contribution is -2.30. The van der Waals surface area contributed by atoms with Gasteiger partial charge in [-0.1, -0.05) is 13.8 Å². The molecular weight excluding hydrogens is 286 g/mol. The van der Waals surface area contributed by atoms with Crippen LogP contribution in [0.1, 0.15) is 50.9 Å². The second-order valence-electron chi connectivity index (χ2n) is 7.04. The molecule has 0 N–H and O–H groups in total. The van der Waals surface area contributed by atoms with E-state index >= 15 is 0 Å². The van der Waals surface area contributed by atoms with Crippen molar-refractivity contribution in [3.63, 3.8) is 0 Å². The lowest BCUT2D eigenvalue weighted by atomic mass is 10.0. The molecule has 1 aliphatic rings. The van der Waals surface area contributed by atoms with E-state index in [2.05, 4.69) is 41.8 Å². The van der Waals surface area contributed by atoms with Crippen LogP contribution in [0.4, 0.5) is 5.82 Å². The minimum atomic E-state index is 0.599. The Morgan fingerprint density at radius 2 is 2.00 bits per heavy atom. The molecule has 0 radical (unpaired) electrons. The molecule has 0 spiro atoms. The van der Waals surface area contributed by atoms with Gasteiger partial charge in [0.05, 0.1) is 18.1 Å². The van der Waals surface area contributed by atoms with Gasteiger partial charge < -0.3 is 4.90 Å². The molecule has 0 amide bonds. The van der Waals surface area contributed by atoms with E-state index < -0.39 is 0 Å². The lowest BCUT2D eigenvalue weighted by Gasteiger charge is -2.26. The molecule has 0 aliphatic carbocycles. The first-order valence-corrected chi connectivity index (χ1v) is 8.67. The topological polar surface area (TPSA) is 46.8 Å². The molecule has 2 aromatic heterocycles. The van der Waals surface area contributed by atoms with Gasteiger partial charge in [-0.25, -0.2) is 9.67 Å². The third-order valence-electron chi connectivity index (χ3n) is 4.58. The predicted octanol–water partition coefficient (Wildman–Crippen LogP) is 3.68. The Morgan fingerprint density at radius 1 is 1.22 bits per heavy atom. The van der Waals surface area contributed by atoms with Gasteiger partial charge in [-0.2, -0.15) is 5.10 Å². The summed E-state index contributed by atoms with van der Waals surface area (Å²) in [7, 11) is 0. The fourth-order valence-corrected chi connectivity index (χ4v) is 3.41. The molecule has 1 unspecified atom stereocenters. The first kappa shape index (κ1) is 16.0. The third-order valence-corrected chi connectivity index (χ3v) is 4.58. The van der Waals surface area contributed by atoms with E-state index in [1.807, 2.05) is 17.8 Å². The number of hydrogen-bond acceptors (Lipinski definition) is 4. The zero-order valence-electron chi connectivity index (χ0n) is 14.7. The van der Waals surface area contributed by atoms with Crippen molar-refractivity contribution < 1.29 is 0 Å². The van der Waals surface area contributed by atoms with Crippen molar-refractivity contribution in [3.8, 4) is 5.82 Å². The summed E-state index contributed by atoms with van der Waals surface area (Å²) in [6, 6.07) is 2.66. The first-order valence-electron chi connectivity index (χ1n) is 8.67. The predicted molar refractivity (Wildman–Crippen MR) is 93.1 cm³/mol. The van der Waals surface area contributed by atoms with Gasteiger partial charge >= 0.3 is 0 Å². The minimum absolute atomic E-state index is 0.599. The van der Waals surface area contributed by atoms with Crippen molar-refractivity contribution in [2.75, 3.05) is 11.4 Å². The van der Waals surface area contributed by atoms with Gasteiger partial charge in [0.15, 0.2) is 5.82 Å². The Kier molecular flexibility index (Phi) is 4.64. The molecule has 0 saturated carbocycles. The molecule has 1 fully saturated rings. The summed E-state index contributed by atoms with van der Waals surface area (Å²) in [5, 5.41) is 4.52. The molecule has 5 heteroatoms. The molecule has 0 bridgehead atoms. The summed E-state index contributed by atoms with van der Waals surface area (Å²) < 4.78 is 1.88. The fourth-order valence-electron chi connectivity index (χ4n) is 3.41. The quantitative estimate of drug-likeness (QED) is 0.844. The van der Waals surface area contributed by atoms with Crippen LogP contribution >= 0.6 is 0 Å². The van der Waals surface area contributed by atoms with Crippen LogP contribution in [-0.2, 0) is 0 Å². The zero-order chi connectivity index (χ0) is 16.4. The molecule has 3 rings (SSSR count). The van der Waals surface area contributed by atoms with Crippen molar-refractivity contribution in [1.82, 2.24) is 19.7 Å². The van der Waals surface area contributed by atoms with Crippen molar-refractivity contribution in [2.45, 2.75) is 59.4 Å².